The van der Waals surface area contributed by atoms with Crippen molar-refractivity contribution in [2.45, 2.75) is 20.4 Å². The first kappa shape index (κ1) is 17.4. The van der Waals surface area contributed by atoms with Crippen molar-refractivity contribution in [3.8, 4) is 10.6 Å². The molecule has 27 heavy (non-hydrogen) atoms. The fourth-order valence-corrected chi connectivity index (χ4v) is 3.94. The molecule has 0 saturated heterocycles. The highest BCUT2D eigenvalue weighted by Crippen LogP contribution is 2.24. The van der Waals surface area contributed by atoms with E-state index in [0.717, 1.165) is 38.7 Å². The zero-order chi connectivity index (χ0) is 19.0. The molecule has 0 unspecified atom stereocenters. The highest BCUT2D eigenvalue weighted by atomic mass is 32.1. The average Bonchev–Trinajstić information content (AvgIpc) is 3.25. The second-order valence-electron chi connectivity index (χ2n) is 6.41. The number of carbonyl (C=O) groups is 1. The maximum Gasteiger partial charge on any atom is 0.252 e. The van der Waals surface area contributed by atoms with Crippen LogP contribution in [0.3, 0.4) is 0 Å². The van der Waals surface area contributed by atoms with Crippen LogP contribution in [0, 0.1) is 13.8 Å². The summed E-state index contributed by atoms with van der Waals surface area (Å²) in [6.45, 7) is 4.15. The van der Waals surface area contributed by atoms with Crippen LogP contribution in [-0.2, 0) is 13.6 Å². The zero-order valence-electron chi connectivity index (χ0n) is 15.4. The maximum absolute atomic E-state index is 12.8. The molecule has 1 N–H and O–H groups in total. The van der Waals surface area contributed by atoms with E-state index in [2.05, 4.69) is 20.4 Å². The fourth-order valence-electron chi connectivity index (χ4n) is 3.12. The van der Waals surface area contributed by atoms with Gasteiger partial charge in [-0.25, -0.2) is 9.97 Å². The van der Waals surface area contributed by atoms with E-state index in [1.54, 1.807) is 16.0 Å². The molecule has 136 valence electrons. The minimum Gasteiger partial charge on any atom is -0.346 e. The minimum absolute atomic E-state index is 0.143. The summed E-state index contributed by atoms with van der Waals surface area (Å²) in [6.07, 6.45) is 0. The molecule has 7 heteroatoms. The SMILES string of the molecule is Cc1cc(C(=O)NCc2csc(-c3ccccc3)n2)c2c(C)nn(C)c2n1. The Balaban J connectivity index is 1.56. The first-order chi connectivity index (χ1) is 13.0. The Bertz CT molecular complexity index is 1130. The van der Waals surface area contributed by atoms with Crippen molar-refractivity contribution >= 4 is 28.3 Å². The van der Waals surface area contributed by atoms with Gasteiger partial charge in [-0.05, 0) is 19.9 Å². The smallest absolute Gasteiger partial charge is 0.252 e. The van der Waals surface area contributed by atoms with Crippen molar-refractivity contribution in [2.24, 2.45) is 7.05 Å². The summed E-state index contributed by atoms with van der Waals surface area (Å²) >= 11 is 1.58. The lowest BCUT2D eigenvalue weighted by Crippen LogP contribution is -2.23. The van der Waals surface area contributed by atoms with E-state index in [1.165, 1.54) is 0 Å². The normalized spacial score (nSPS) is 11.1. The molecule has 3 heterocycles. The number of pyridine rings is 1. The summed E-state index contributed by atoms with van der Waals surface area (Å²) in [5.74, 6) is -0.143. The molecule has 0 spiro atoms. The van der Waals surface area contributed by atoms with Gasteiger partial charge in [0.25, 0.3) is 5.91 Å². The van der Waals surface area contributed by atoms with Gasteiger partial charge >= 0.3 is 0 Å². The summed E-state index contributed by atoms with van der Waals surface area (Å²) in [5.41, 5.74) is 4.83. The first-order valence-corrected chi connectivity index (χ1v) is 9.50. The lowest BCUT2D eigenvalue weighted by Gasteiger charge is -2.07. The number of benzene rings is 1. The van der Waals surface area contributed by atoms with E-state index in [-0.39, 0.29) is 5.91 Å². The molecule has 3 aromatic heterocycles. The van der Waals surface area contributed by atoms with Crippen LogP contribution in [0.5, 0.6) is 0 Å². The number of nitrogens with one attached hydrogen (secondary N) is 1. The number of nitrogens with zero attached hydrogens (tertiary/aromatic N) is 4. The standard InChI is InChI=1S/C20H19N5OS/c1-12-9-16(17-13(2)24-25(3)18(17)22-12)19(26)21-10-15-11-27-20(23-15)14-7-5-4-6-8-14/h4-9,11H,10H2,1-3H3,(H,21,26). The van der Waals surface area contributed by atoms with E-state index < -0.39 is 0 Å². The number of carbonyl (C=O) groups excluding carboxylic acids is 1. The van der Waals surface area contributed by atoms with Crippen LogP contribution in [0.15, 0.2) is 41.8 Å². The third-order valence-electron chi connectivity index (χ3n) is 4.34. The van der Waals surface area contributed by atoms with Crippen LogP contribution in [0.1, 0.15) is 27.4 Å². The van der Waals surface area contributed by atoms with Crippen LogP contribution in [0.2, 0.25) is 0 Å². The molecule has 0 aliphatic heterocycles. The molecule has 0 atom stereocenters. The van der Waals surface area contributed by atoms with Gasteiger partial charge in [0.15, 0.2) is 5.65 Å². The van der Waals surface area contributed by atoms with Gasteiger partial charge in [0.2, 0.25) is 0 Å². The summed E-state index contributed by atoms with van der Waals surface area (Å²) in [5, 5.41) is 11.1. The maximum atomic E-state index is 12.8. The minimum atomic E-state index is -0.143. The van der Waals surface area contributed by atoms with E-state index in [9.17, 15) is 4.79 Å². The van der Waals surface area contributed by atoms with Crippen LogP contribution >= 0.6 is 11.3 Å². The highest BCUT2D eigenvalue weighted by molar-refractivity contribution is 7.13. The molecule has 4 rings (SSSR count). The Morgan fingerprint density at radius 2 is 1.96 bits per heavy atom. The van der Waals surface area contributed by atoms with E-state index >= 15 is 0 Å². The predicted octanol–water partition coefficient (Wildman–Crippen LogP) is 3.64. The van der Waals surface area contributed by atoms with E-state index in [4.69, 9.17) is 0 Å². The average molecular weight is 377 g/mol. The summed E-state index contributed by atoms with van der Waals surface area (Å²) < 4.78 is 1.71. The number of amides is 1. The number of rotatable bonds is 4. The molecule has 0 radical (unpaired) electrons. The Labute approximate surface area is 160 Å². The van der Waals surface area contributed by atoms with Crippen molar-refractivity contribution in [2.75, 3.05) is 0 Å². The van der Waals surface area contributed by atoms with Crippen molar-refractivity contribution in [3.63, 3.8) is 0 Å². The van der Waals surface area contributed by atoms with Gasteiger partial charge in [-0.1, -0.05) is 30.3 Å². The Morgan fingerprint density at radius 1 is 1.19 bits per heavy atom. The third kappa shape index (κ3) is 3.33. The van der Waals surface area contributed by atoms with Crippen LogP contribution in [0.25, 0.3) is 21.6 Å². The van der Waals surface area contributed by atoms with Crippen LogP contribution < -0.4 is 5.32 Å². The molecule has 0 saturated carbocycles. The number of aryl methyl sites for hydroxylation is 3. The molecule has 0 aliphatic rings. The van der Waals surface area contributed by atoms with Gasteiger partial charge in [0.05, 0.1) is 28.9 Å². The lowest BCUT2D eigenvalue weighted by atomic mass is 10.1. The predicted molar refractivity (Wildman–Crippen MR) is 107 cm³/mol. The van der Waals surface area contributed by atoms with Gasteiger partial charge in [-0.3, -0.25) is 9.48 Å². The first-order valence-electron chi connectivity index (χ1n) is 8.62. The topological polar surface area (TPSA) is 72.7 Å². The number of hydrogen-bond donors (Lipinski definition) is 1. The van der Waals surface area contributed by atoms with Crippen molar-refractivity contribution < 1.29 is 4.79 Å². The van der Waals surface area contributed by atoms with Gasteiger partial charge in [-0.15, -0.1) is 11.3 Å². The van der Waals surface area contributed by atoms with Gasteiger partial charge in [0.1, 0.15) is 5.01 Å². The molecule has 6 nitrogen and oxygen atoms in total. The monoisotopic (exact) mass is 377 g/mol. The third-order valence-corrected chi connectivity index (χ3v) is 5.28. The molecule has 4 aromatic rings. The number of thiazole rings is 1. The lowest BCUT2D eigenvalue weighted by molar-refractivity contribution is 0.0952. The van der Waals surface area contributed by atoms with Crippen LogP contribution in [-0.4, -0.2) is 25.7 Å². The molecule has 1 amide bonds. The molecule has 0 aliphatic carbocycles. The number of aromatic nitrogens is 4. The highest BCUT2D eigenvalue weighted by Gasteiger charge is 2.18. The van der Waals surface area contributed by atoms with E-state index in [0.29, 0.717) is 12.1 Å². The largest absolute Gasteiger partial charge is 0.346 e. The Morgan fingerprint density at radius 3 is 2.74 bits per heavy atom. The van der Waals surface area contributed by atoms with Crippen molar-refractivity contribution in [3.05, 3.63) is 64.4 Å². The molecule has 1 aromatic carbocycles. The summed E-state index contributed by atoms with van der Waals surface area (Å²) in [4.78, 5) is 21.9. The Kier molecular flexibility index (Phi) is 4.45. The van der Waals surface area contributed by atoms with E-state index in [1.807, 2.05) is 62.7 Å². The van der Waals surface area contributed by atoms with Gasteiger partial charge in [-0.2, -0.15) is 5.10 Å². The van der Waals surface area contributed by atoms with Crippen LogP contribution in [0.4, 0.5) is 0 Å². The Hall–Kier alpha value is -3.06. The second-order valence-corrected chi connectivity index (χ2v) is 7.27. The number of hydrogen-bond acceptors (Lipinski definition) is 5. The quantitative estimate of drug-likeness (QED) is 0.589. The van der Waals surface area contributed by atoms with Crippen molar-refractivity contribution in [1.29, 1.82) is 0 Å². The van der Waals surface area contributed by atoms with Gasteiger partial charge in [0, 0.05) is 23.7 Å². The molecular formula is C20H19N5OS. The van der Waals surface area contributed by atoms with Gasteiger partial charge < -0.3 is 5.32 Å². The van der Waals surface area contributed by atoms with Crippen molar-refractivity contribution in [1.82, 2.24) is 25.1 Å². The molecular weight excluding hydrogens is 358 g/mol. The molecule has 0 fully saturated rings. The summed E-state index contributed by atoms with van der Waals surface area (Å²) in [6, 6.07) is 11.8. The summed E-state index contributed by atoms with van der Waals surface area (Å²) in [7, 11) is 1.84. The number of fused-ring (bicyclic) bond motifs is 1. The second kappa shape index (κ2) is 6.92. The zero-order valence-corrected chi connectivity index (χ0v) is 16.2. The molecule has 0 bridgehead atoms. The fraction of sp³-hybridized carbons (Fsp3) is 0.200.